The molecule has 0 aromatic heterocycles. The average Bonchev–Trinajstić information content (AvgIpc) is 2.95. The predicted octanol–water partition coefficient (Wildman–Crippen LogP) is 4.32. The molecule has 0 N–H and O–H groups in total. The molecule has 2 heterocycles. The summed E-state index contributed by atoms with van der Waals surface area (Å²) in [7, 11) is 3.95. The molecule has 3 aromatic rings. The Kier molecular flexibility index (Phi) is 2.95. The molecule has 0 saturated carbocycles. The van der Waals surface area contributed by atoms with Gasteiger partial charge in [-0.05, 0) is 18.2 Å². The zero-order chi connectivity index (χ0) is 17.9. The van der Waals surface area contributed by atoms with Crippen molar-refractivity contribution < 1.29 is 14.3 Å². The number of anilines is 1. The Labute approximate surface area is 151 Å². The summed E-state index contributed by atoms with van der Waals surface area (Å²) in [4.78, 5) is 14.7. The van der Waals surface area contributed by atoms with E-state index >= 15 is 0 Å². The Morgan fingerprint density at radius 3 is 2.31 bits per heavy atom. The van der Waals surface area contributed by atoms with E-state index in [1.165, 1.54) is 0 Å². The number of nitrogens with zero attached hydrogens (tertiary/aromatic N) is 1. The molecule has 4 heteroatoms. The van der Waals surface area contributed by atoms with E-state index in [1.807, 2.05) is 85.7 Å². The Morgan fingerprint density at radius 2 is 1.50 bits per heavy atom. The fraction of sp³-hybridized carbons (Fsp3) is 0.136. The summed E-state index contributed by atoms with van der Waals surface area (Å²) in [6.07, 6.45) is 0. The van der Waals surface area contributed by atoms with Crippen molar-refractivity contribution in [3.8, 4) is 11.5 Å². The van der Waals surface area contributed by atoms with Gasteiger partial charge in [-0.1, -0.05) is 48.5 Å². The molecule has 0 aliphatic carbocycles. The van der Waals surface area contributed by atoms with Crippen LogP contribution < -0.4 is 9.64 Å². The Balaban J connectivity index is 1.91. The smallest absolute Gasteiger partial charge is 0.340 e. The van der Waals surface area contributed by atoms with E-state index in [0.717, 1.165) is 28.1 Å². The summed E-state index contributed by atoms with van der Waals surface area (Å²) in [6, 6.07) is 21.3. The highest BCUT2D eigenvalue weighted by Crippen LogP contribution is 2.57. The van der Waals surface area contributed by atoms with Crippen LogP contribution in [0.1, 0.15) is 27.0 Å². The maximum Gasteiger partial charge on any atom is 0.340 e. The molecule has 5 rings (SSSR count). The molecular formula is C22H17NO3. The van der Waals surface area contributed by atoms with Crippen molar-refractivity contribution in [1.29, 1.82) is 0 Å². The van der Waals surface area contributed by atoms with Gasteiger partial charge in [0.2, 0.25) is 0 Å². The topological polar surface area (TPSA) is 38.8 Å². The molecule has 4 nitrogen and oxygen atoms in total. The number of benzene rings is 3. The van der Waals surface area contributed by atoms with Crippen molar-refractivity contribution in [2.45, 2.75) is 5.60 Å². The Bertz CT molecular complexity index is 1060. The fourth-order valence-electron chi connectivity index (χ4n) is 3.98. The van der Waals surface area contributed by atoms with Crippen LogP contribution in [0, 0.1) is 0 Å². The maximum atomic E-state index is 12.7. The van der Waals surface area contributed by atoms with Gasteiger partial charge in [-0.2, -0.15) is 0 Å². The molecule has 26 heavy (non-hydrogen) atoms. The molecule has 0 radical (unpaired) electrons. The molecule has 0 bridgehead atoms. The monoisotopic (exact) mass is 343 g/mol. The predicted molar refractivity (Wildman–Crippen MR) is 99.0 cm³/mol. The number of esters is 1. The maximum absolute atomic E-state index is 12.7. The second-order valence-corrected chi connectivity index (χ2v) is 6.76. The van der Waals surface area contributed by atoms with Gasteiger partial charge in [0.25, 0.3) is 0 Å². The van der Waals surface area contributed by atoms with Gasteiger partial charge in [-0.15, -0.1) is 0 Å². The van der Waals surface area contributed by atoms with E-state index in [2.05, 4.69) is 0 Å². The molecule has 3 aromatic carbocycles. The van der Waals surface area contributed by atoms with Gasteiger partial charge in [-0.3, -0.25) is 0 Å². The fourth-order valence-corrected chi connectivity index (χ4v) is 3.98. The standard InChI is InChI=1S/C22H17NO3/c1-23(2)18-12-7-11-17-20(18)25-19-13-6-5-10-16(19)22(17)15-9-4-3-8-14(15)21(24)26-22/h3-13H,1-2H3. The highest BCUT2D eigenvalue weighted by Gasteiger charge is 2.53. The van der Waals surface area contributed by atoms with Crippen molar-refractivity contribution in [2.75, 3.05) is 19.0 Å². The number of carbonyl (C=O) groups is 1. The van der Waals surface area contributed by atoms with E-state index in [9.17, 15) is 4.79 Å². The molecule has 128 valence electrons. The quantitative estimate of drug-likeness (QED) is 0.617. The molecular weight excluding hydrogens is 326 g/mol. The van der Waals surface area contributed by atoms with Crippen LogP contribution in [0.4, 0.5) is 5.69 Å². The van der Waals surface area contributed by atoms with Gasteiger partial charge in [0, 0.05) is 30.8 Å². The molecule has 1 spiro atoms. The summed E-state index contributed by atoms with van der Waals surface area (Å²) in [6.45, 7) is 0. The first-order chi connectivity index (χ1) is 12.6. The zero-order valence-electron chi connectivity index (χ0n) is 14.5. The lowest BCUT2D eigenvalue weighted by Gasteiger charge is -2.37. The third-order valence-corrected chi connectivity index (χ3v) is 5.11. The van der Waals surface area contributed by atoms with E-state index in [-0.39, 0.29) is 5.97 Å². The summed E-state index contributed by atoms with van der Waals surface area (Å²) in [5.41, 5.74) is 3.12. The zero-order valence-corrected chi connectivity index (χ0v) is 14.5. The summed E-state index contributed by atoms with van der Waals surface area (Å²) in [5, 5.41) is 0. The first-order valence-electron chi connectivity index (χ1n) is 8.54. The van der Waals surface area contributed by atoms with Gasteiger partial charge >= 0.3 is 5.97 Å². The molecule has 1 atom stereocenters. The van der Waals surface area contributed by atoms with Crippen LogP contribution in [-0.4, -0.2) is 20.1 Å². The number of carbonyl (C=O) groups excluding carboxylic acids is 1. The van der Waals surface area contributed by atoms with Gasteiger partial charge in [-0.25, -0.2) is 4.79 Å². The average molecular weight is 343 g/mol. The number of ether oxygens (including phenoxy) is 2. The van der Waals surface area contributed by atoms with Crippen molar-refractivity contribution in [3.05, 3.63) is 89.0 Å². The summed E-state index contributed by atoms with van der Waals surface area (Å²) in [5.74, 6) is 1.12. The highest BCUT2D eigenvalue weighted by molar-refractivity contribution is 5.97. The van der Waals surface area contributed by atoms with Crippen molar-refractivity contribution >= 4 is 11.7 Å². The SMILES string of the molecule is CN(C)c1cccc2c1Oc1ccccc1C21OC(=O)c2ccccc21. The minimum atomic E-state index is -0.982. The van der Waals surface area contributed by atoms with Crippen molar-refractivity contribution in [3.63, 3.8) is 0 Å². The van der Waals surface area contributed by atoms with Crippen LogP contribution in [0.25, 0.3) is 0 Å². The van der Waals surface area contributed by atoms with E-state index in [4.69, 9.17) is 9.47 Å². The largest absolute Gasteiger partial charge is 0.454 e. The molecule has 0 fully saturated rings. The van der Waals surface area contributed by atoms with Crippen LogP contribution in [0.15, 0.2) is 66.7 Å². The summed E-state index contributed by atoms with van der Waals surface area (Å²) < 4.78 is 12.4. The van der Waals surface area contributed by atoms with E-state index < -0.39 is 5.60 Å². The molecule has 0 amide bonds. The minimum absolute atomic E-state index is 0.307. The van der Waals surface area contributed by atoms with Crippen LogP contribution in [0.2, 0.25) is 0 Å². The number of hydrogen-bond donors (Lipinski definition) is 0. The van der Waals surface area contributed by atoms with Crippen LogP contribution >= 0.6 is 0 Å². The van der Waals surface area contributed by atoms with E-state index in [0.29, 0.717) is 11.3 Å². The molecule has 1 unspecified atom stereocenters. The Hall–Kier alpha value is -3.27. The lowest BCUT2D eigenvalue weighted by atomic mass is 9.77. The summed E-state index contributed by atoms with van der Waals surface area (Å²) >= 11 is 0. The van der Waals surface area contributed by atoms with Gasteiger partial charge in [0.1, 0.15) is 5.75 Å². The molecule has 2 aliphatic rings. The lowest BCUT2D eigenvalue weighted by Crippen LogP contribution is -2.33. The normalized spacial score (nSPS) is 19.2. The first-order valence-corrected chi connectivity index (χ1v) is 8.54. The van der Waals surface area contributed by atoms with Gasteiger partial charge in [0.05, 0.1) is 11.3 Å². The van der Waals surface area contributed by atoms with Crippen LogP contribution in [0.3, 0.4) is 0 Å². The van der Waals surface area contributed by atoms with Crippen LogP contribution in [0.5, 0.6) is 11.5 Å². The molecule has 2 aliphatic heterocycles. The second kappa shape index (κ2) is 5.11. The number of fused-ring (bicyclic) bond motifs is 6. The van der Waals surface area contributed by atoms with Crippen LogP contribution in [-0.2, 0) is 10.3 Å². The van der Waals surface area contributed by atoms with Crippen molar-refractivity contribution in [1.82, 2.24) is 0 Å². The molecule has 0 saturated heterocycles. The second-order valence-electron chi connectivity index (χ2n) is 6.76. The third kappa shape index (κ3) is 1.76. The highest BCUT2D eigenvalue weighted by atomic mass is 16.6. The minimum Gasteiger partial charge on any atom is -0.454 e. The number of hydrogen-bond acceptors (Lipinski definition) is 4. The van der Waals surface area contributed by atoms with E-state index in [1.54, 1.807) is 0 Å². The van der Waals surface area contributed by atoms with Gasteiger partial charge < -0.3 is 14.4 Å². The third-order valence-electron chi connectivity index (χ3n) is 5.11. The van der Waals surface area contributed by atoms with Gasteiger partial charge in [0.15, 0.2) is 11.4 Å². The lowest BCUT2D eigenvalue weighted by molar-refractivity contribution is 0.0224. The number of para-hydroxylation sites is 2. The first kappa shape index (κ1) is 15.0. The van der Waals surface area contributed by atoms with Crippen molar-refractivity contribution in [2.24, 2.45) is 0 Å². The number of rotatable bonds is 1. The Morgan fingerprint density at radius 1 is 0.808 bits per heavy atom.